The molecule has 1 aromatic rings. The van der Waals surface area contributed by atoms with E-state index in [2.05, 4.69) is 0 Å². The second kappa shape index (κ2) is 4.45. The molecular formula is C12H17NOS. The lowest BCUT2D eigenvalue weighted by Gasteiger charge is -2.16. The zero-order valence-corrected chi connectivity index (χ0v) is 9.80. The first kappa shape index (κ1) is 10.8. The molecule has 2 N–H and O–H groups in total. The van der Waals surface area contributed by atoms with Gasteiger partial charge in [-0.1, -0.05) is 24.6 Å². The van der Waals surface area contributed by atoms with E-state index in [9.17, 15) is 4.21 Å². The Labute approximate surface area is 93.3 Å². The van der Waals surface area contributed by atoms with Gasteiger partial charge in [-0.2, -0.15) is 0 Å². The number of aryl methyl sites for hydroxylation is 1. The highest BCUT2D eigenvalue weighted by atomic mass is 32.2. The highest BCUT2D eigenvalue weighted by Crippen LogP contribution is 2.27. The van der Waals surface area contributed by atoms with Gasteiger partial charge in [-0.3, -0.25) is 4.21 Å². The van der Waals surface area contributed by atoms with Crippen molar-refractivity contribution in [1.82, 2.24) is 0 Å². The van der Waals surface area contributed by atoms with Crippen molar-refractivity contribution in [3.8, 4) is 0 Å². The summed E-state index contributed by atoms with van der Waals surface area (Å²) in [5, 5.41) is 0.158. The van der Waals surface area contributed by atoms with Crippen LogP contribution in [0.25, 0.3) is 0 Å². The zero-order chi connectivity index (χ0) is 10.8. The van der Waals surface area contributed by atoms with Gasteiger partial charge in [0.1, 0.15) is 0 Å². The van der Waals surface area contributed by atoms with Crippen molar-refractivity contribution < 1.29 is 4.21 Å². The molecule has 2 rings (SSSR count). The monoisotopic (exact) mass is 223 g/mol. The molecule has 1 saturated carbocycles. The summed E-state index contributed by atoms with van der Waals surface area (Å²) >= 11 is 0. The highest BCUT2D eigenvalue weighted by molar-refractivity contribution is 7.85. The summed E-state index contributed by atoms with van der Waals surface area (Å²) < 4.78 is 12.3. The lowest BCUT2D eigenvalue weighted by Crippen LogP contribution is -2.32. The molecule has 1 aliphatic rings. The van der Waals surface area contributed by atoms with Crippen LogP contribution in [0.1, 0.15) is 24.8 Å². The zero-order valence-electron chi connectivity index (χ0n) is 8.98. The molecule has 0 bridgehead atoms. The Morgan fingerprint density at radius 1 is 1.33 bits per heavy atom. The number of benzene rings is 1. The number of rotatable bonds is 2. The fourth-order valence-corrected chi connectivity index (χ4v) is 3.92. The Kier molecular flexibility index (Phi) is 3.22. The Hall–Kier alpha value is -0.670. The van der Waals surface area contributed by atoms with E-state index in [1.807, 2.05) is 31.2 Å². The van der Waals surface area contributed by atoms with E-state index in [0.29, 0.717) is 0 Å². The topological polar surface area (TPSA) is 43.1 Å². The van der Waals surface area contributed by atoms with E-state index in [-0.39, 0.29) is 11.3 Å². The van der Waals surface area contributed by atoms with Gasteiger partial charge in [0.2, 0.25) is 0 Å². The van der Waals surface area contributed by atoms with Crippen LogP contribution < -0.4 is 5.73 Å². The third kappa shape index (κ3) is 2.13. The molecule has 0 aromatic heterocycles. The first-order valence-corrected chi connectivity index (χ1v) is 6.63. The first-order chi connectivity index (χ1) is 7.20. The van der Waals surface area contributed by atoms with E-state index >= 15 is 0 Å². The normalized spacial score (nSPS) is 27.9. The maximum absolute atomic E-state index is 12.3. The van der Waals surface area contributed by atoms with Gasteiger partial charge < -0.3 is 5.73 Å². The molecule has 1 fully saturated rings. The van der Waals surface area contributed by atoms with Crippen LogP contribution in [-0.2, 0) is 10.8 Å². The quantitative estimate of drug-likeness (QED) is 0.833. The summed E-state index contributed by atoms with van der Waals surface area (Å²) in [7, 11) is -0.925. The third-order valence-electron chi connectivity index (χ3n) is 3.09. The Morgan fingerprint density at radius 2 is 2.07 bits per heavy atom. The summed E-state index contributed by atoms with van der Waals surface area (Å²) in [6.45, 7) is 2.01. The van der Waals surface area contributed by atoms with Crippen LogP contribution in [0, 0.1) is 6.92 Å². The van der Waals surface area contributed by atoms with Gasteiger partial charge in [-0.25, -0.2) is 0 Å². The number of hydrogen-bond donors (Lipinski definition) is 1. The van der Waals surface area contributed by atoms with E-state index in [0.717, 1.165) is 29.7 Å². The van der Waals surface area contributed by atoms with Crippen molar-refractivity contribution in [1.29, 1.82) is 0 Å². The average molecular weight is 223 g/mol. The molecule has 0 amide bonds. The molecule has 15 heavy (non-hydrogen) atoms. The summed E-state index contributed by atoms with van der Waals surface area (Å²) in [5.74, 6) is 0. The van der Waals surface area contributed by atoms with Crippen LogP contribution in [-0.4, -0.2) is 15.5 Å². The molecular weight excluding hydrogens is 206 g/mol. The molecule has 3 unspecified atom stereocenters. The number of hydrogen-bond acceptors (Lipinski definition) is 2. The Balaban J connectivity index is 2.24. The van der Waals surface area contributed by atoms with Gasteiger partial charge in [0, 0.05) is 10.9 Å². The van der Waals surface area contributed by atoms with Crippen molar-refractivity contribution in [2.24, 2.45) is 5.73 Å². The fourth-order valence-electron chi connectivity index (χ4n) is 2.17. The maximum Gasteiger partial charge on any atom is 0.0579 e. The van der Waals surface area contributed by atoms with Crippen molar-refractivity contribution in [3.63, 3.8) is 0 Å². The minimum Gasteiger partial charge on any atom is -0.327 e. The molecule has 3 heteroatoms. The lowest BCUT2D eigenvalue weighted by molar-refractivity contribution is 0.648. The predicted octanol–water partition coefficient (Wildman–Crippen LogP) is 1.98. The van der Waals surface area contributed by atoms with Crippen molar-refractivity contribution in [3.05, 3.63) is 29.8 Å². The molecule has 1 aliphatic carbocycles. The summed E-state index contributed by atoms with van der Waals surface area (Å²) in [6, 6.07) is 8.00. The van der Waals surface area contributed by atoms with E-state index in [1.165, 1.54) is 0 Å². The molecule has 0 heterocycles. The van der Waals surface area contributed by atoms with Crippen LogP contribution in [0.5, 0.6) is 0 Å². The van der Waals surface area contributed by atoms with Gasteiger partial charge in [-0.15, -0.1) is 0 Å². The lowest BCUT2D eigenvalue weighted by atomic mass is 10.2. The molecule has 1 aromatic carbocycles. The van der Waals surface area contributed by atoms with Gasteiger partial charge in [0.05, 0.1) is 16.0 Å². The third-order valence-corrected chi connectivity index (χ3v) is 5.12. The maximum atomic E-state index is 12.3. The first-order valence-electron chi connectivity index (χ1n) is 5.42. The molecule has 0 spiro atoms. The van der Waals surface area contributed by atoms with Crippen LogP contribution in [0.3, 0.4) is 0 Å². The van der Waals surface area contributed by atoms with Gasteiger partial charge in [-0.05, 0) is 31.4 Å². The summed E-state index contributed by atoms with van der Waals surface area (Å²) in [5.41, 5.74) is 7.08. The fraction of sp³-hybridized carbons (Fsp3) is 0.500. The van der Waals surface area contributed by atoms with Crippen LogP contribution >= 0.6 is 0 Å². The van der Waals surface area contributed by atoms with Crippen molar-refractivity contribution in [2.75, 3.05) is 0 Å². The largest absolute Gasteiger partial charge is 0.327 e. The smallest absolute Gasteiger partial charge is 0.0579 e. The predicted molar refractivity (Wildman–Crippen MR) is 63.2 cm³/mol. The minimum atomic E-state index is -0.925. The minimum absolute atomic E-state index is 0.116. The van der Waals surface area contributed by atoms with Gasteiger partial charge >= 0.3 is 0 Å². The Morgan fingerprint density at radius 3 is 2.67 bits per heavy atom. The molecule has 2 nitrogen and oxygen atoms in total. The Bertz CT molecular complexity index is 378. The SMILES string of the molecule is Cc1ccccc1S(=O)C1CCCC1N. The van der Waals surface area contributed by atoms with Crippen LogP contribution in [0.4, 0.5) is 0 Å². The van der Waals surface area contributed by atoms with E-state index in [4.69, 9.17) is 5.73 Å². The van der Waals surface area contributed by atoms with Gasteiger partial charge in [0.15, 0.2) is 0 Å². The molecule has 0 aliphatic heterocycles. The molecule has 0 radical (unpaired) electrons. The standard InChI is InChI=1S/C12H17NOS/c1-9-5-2-3-7-11(9)15(14)12-8-4-6-10(12)13/h2-3,5,7,10,12H,4,6,8,13H2,1H3. The van der Waals surface area contributed by atoms with E-state index in [1.54, 1.807) is 0 Å². The van der Waals surface area contributed by atoms with Crippen LogP contribution in [0.2, 0.25) is 0 Å². The van der Waals surface area contributed by atoms with Gasteiger partial charge in [0.25, 0.3) is 0 Å². The average Bonchev–Trinajstić information content (AvgIpc) is 2.64. The summed E-state index contributed by atoms with van der Waals surface area (Å²) in [6.07, 6.45) is 3.13. The summed E-state index contributed by atoms with van der Waals surface area (Å²) in [4.78, 5) is 0.958. The van der Waals surface area contributed by atoms with Crippen molar-refractivity contribution in [2.45, 2.75) is 42.4 Å². The second-order valence-corrected chi connectivity index (χ2v) is 5.84. The second-order valence-electron chi connectivity index (χ2n) is 4.20. The highest BCUT2D eigenvalue weighted by Gasteiger charge is 2.30. The van der Waals surface area contributed by atoms with Crippen molar-refractivity contribution >= 4 is 10.8 Å². The number of nitrogens with two attached hydrogens (primary N) is 1. The van der Waals surface area contributed by atoms with E-state index < -0.39 is 10.8 Å². The molecule has 3 atom stereocenters. The molecule has 82 valence electrons. The molecule has 0 saturated heterocycles. The van der Waals surface area contributed by atoms with Crippen LogP contribution in [0.15, 0.2) is 29.2 Å².